The van der Waals surface area contributed by atoms with Crippen LogP contribution in [0.2, 0.25) is 0 Å². The van der Waals surface area contributed by atoms with Gasteiger partial charge in [0.05, 0.1) is 5.97 Å². The molecule has 0 saturated heterocycles. The number of carbonyl (C=O) groups excluding carboxylic acids is 1. The summed E-state index contributed by atoms with van der Waals surface area (Å²) in [7, 11) is 0. The minimum atomic E-state index is -1.11. The van der Waals surface area contributed by atoms with E-state index >= 15 is 0 Å². The first-order valence-corrected chi connectivity index (χ1v) is 5.53. The Morgan fingerprint density at radius 3 is 2.71 bits per heavy atom. The summed E-state index contributed by atoms with van der Waals surface area (Å²) in [5.41, 5.74) is 1.25. The molecule has 2 aromatic rings. The third-order valence-corrected chi connectivity index (χ3v) is 2.76. The molecule has 0 fully saturated rings. The van der Waals surface area contributed by atoms with E-state index in [0.29, 0.717) is 0 Å². The molecule has 0 atom stereocenters. The molecule has 4 heteroatoms. The maximum atomic E-state index is 11.0. The number of hydrogen-bond donors (Lipinski definition) is 0. The van der Waals surface area contributed by atoms with Gasteiger partial charge in [-0.05, 0) is 12.5 Å². The SMILES string of the molecule is CCCCn1cc(C(=O)[O-])c2ccccc21.[Li+]. The minimum absolute atomic E-state index is 0. The second-order valence-corrected chi connectivity index (χ2v) is 3.89. The van der Waals surface area contributed by atoms with Crippen molar-refractivity contribution >= 4 is 16.9 Å². The first kappa shape index (κ1) is 13.9. The number of carbonyl (C=O) groups is 1. The average molecular weight is 223 g/mol. The number of para-hydroxylation sites is 1. The zero-order chi connectivity index (χ0) is 11.5. The van der Waals surface area contributed by atoms with Crippen molar-refractivity contribution in [3.8, 4) is 0 Å². The predicted molar refractivity (Wildman–Crippen MR) is 61.2 cm³/mol. The van der Waals surface area contributed by atoms with Crippen LogP contribution in [0.4, 0.5) is 0 Å². The maximum Gasteiger partial charge on any atom is 1.00 e. The average Bonchev–Trinajstić information content (AvgIpc) is 2.65. The van der Waals surface area contributed by atoms with E-state index in [2.05, 4.69) is 6.92 Å². The fraction of sp³-hybridized carbons (Fsp3) is 0.308. The Morgan fingerprint density at radius 2 is 2.06 bits per heavy atom. The topological polar surface area (TPSA) is 45.1 Å². The van der Waals surface area contributed by atoms with Crippen LogP contribution < -0.4 is 24.0 Å². The number of nitrogens with zero attached hydrogens (tertiary/aromatic N) is 1. The Kier molecular flexibility index (Phi) is 4.86. The number of hydrogen-bond acceptors (Lipinski definition) is 2. The fourth-order valence-corrected chi connectivity index (χ4v) is 1.92. The molecule has 0 aliphatic heterocycles. The van der Waals surface area contributed by atoms with Crippen LogP contribution in [-0.4, -0.2) is 10.5 Å². The van der Waals surface area contributed by atoms with Gasteiger partial charge in [-0.15, -0.1) is 0 Å². The van der Waals surface area contributed by atoms with Crippen molar-refractivity contribution in [3.05, 3.63) is 36.0 Å². The van der Waals surface area contributed by atoms with Crippen molar-refractivity contribution in [2.75, 3.05) is 0 Å². The number of aryl methyl sites for hydroxylation is 1. The molecule has 17 heavy (non-hydrogen) atoms. The molecular formula is C13H14LiNO2. The van der Waals surface area contributed by atoms with Gasteiger partial charge in [-0.25, -0.2) is 0 Å². The summed E-state index contributed by atoms with van der Waals surface area (Å²) in [6.45, 7) is 2.97. The van der Waals surface area contributed by atoms with Gasteiger partial charge in [0, 0.05) is 29.2 Å². The fourth-order valence-electron chi connectivity index (χ4n) is 1.92. The first-order chi connectivity index (χ1) is 7.74. The van der Waals surface area contributed by atoms with Crippen LogP contribution in [0.15, 0.2) is 30.5 Å². The Morgan fingerprint density at radius 1 is 1.35 bits per heavy atom. The van der Waals surface area contributed by atoms with Gasteiger partial charge in [0.15, 0.2) is 0 Å². The molecule has 0 aliphatic carbocycles. The summed E-state index contributed by atoms with van der Waals surface area (Å²) in [5, 5.41) is 11.7. The zero-order valence-electron chi connectivity index (χ0n) is 10.3. The van der Waals surface area contributed by atoms with Crippen LogP contribution in [-0.2, 0) is 6.54 Å². The largest absolute Gasteiger partial charge is 1.00 e. The number of carboxylic acid groups (broad SMARTS) is 1. The van der Waals surface area contributed by atoms with E-state index < -0.39 is 5.97 Å². The predicted octanol–water partition coefficient (Wildman–Crippen LogP) is -1.19. The van der Waals surface area contributed by atoms with Gasteiger partial charge in [-0.2, -0.15) is 0 Å². The molecule has 84 valence electrons. The minimum Gasteiger partial charge on any atom is -0.545 e. The van der Waals surface area contributed by atoms with Crippen molar-refractivity contribution in [1.82, 2.24) is 4.57 Å². The van der Waals surface area contributed by atoms with Crippen molar-refractivity contribution in [2.45, 2.75) is 26.3 Å². The standard InChI is InChI=1S/C13H15NO2.Li/c1-2-3-8-14-9-11(13(15)16)10-6-4-5-7-12(10)14;/h4-7,9H,2-3,8H2,1H3,(H,15,16);/q;+1/p-1. The summed E-state index contributed by atoms with van der Waals surface area (Å²) in [6.07, 6.45) is 3.81. The van der Waals surface area contributed by atoms with Gasteiger partial charge in [-0.1, -0.05) is 31.5 Å². The Balaban J connectivity index is 0.00000144. The molecular weight excluding hydrogens is 209 g/mol. The van der Waals surface area contributed by atoms with Crippen molar-refractivity contribution in [3.63, 3.8) is 0 Å². The second kappa shape index (κ2) is 5.95. The van der Waals surface area contributed by atoms with E-state index in [1.165, 1.54) is 0 Å². The summed E-state index contributed by atoms with van der Waals surface area (Å²) >= 11 is 0. The number of aromatic carboxylic acids is 1. The van der Waals surface area contributed by atoms with E-state index in [0.717, 1.165) is 30.3 Å². The van der Waals surface area contributed by atoms with Crippen LogP contribution in [0.3, 0.4) is 0 Å². The van der Waals surface area contributed by atoms with Crippen LogP contribution in [0.25, 0.3) is 10.9 Å². The molecule has 0 saturated carbocycles. The molecule has 0 spiro atoms. The molecule has 0 bridgehead atoms. The Bertz CT molecular complexity index is 519. The van der Waals surface area contributed by atoms with Crippen molar-refractivity contribution < 1.29 is 28.8 Å². The molecule has 0 N–H and O–H groups in total. The monoisotopic (exact) mass is 223 g/mol. The van der Waals surface area contributed by atoms with Crippen molar-refractivity contribution in [1.29, 1.82) is 0 Å². The molecule has 2 rings (SSSR count). The summed E-state index contributed by atoms with van der Waals surface area (Å²) < 4.78 is 1.99. The van der Waals surface area contributed by atoms with E-state index in [9.17, 15) is 9.90 Å². The van der Waals surface area contributed by atoms with Gasteiger partial charge < -0.3 is 14.5 Å². The smallest absolute Gasteiger partial charge is 0.545 e. The molecule has 0 radical (unpaired) electrons. The van der Waals surface area contributed by atoms with Crippen LogP contribution in [0.1, 0.15) is 30.1 Å². The molecule has 0 amide bonds. The Labute approximate surface area is 113 Å². The first-order valence-electron chi connectivity index (χ1n) is 5.53. The molecule has 0 unspecified atom stereocenters. The normalized spacial score (nSPS) is 10.2. The number of rotatable bonds is 4. The van der Waals surface area contributed by atoms with Gasteiger partial charge >= 0.3 is 18.9 Å². The molecule has 1 aromatic carbocycles. The number of aromatic nitrogens is 1. The second-order valence-electron chi connectivity index (χ2n) is 3.89. The van der Waals surface area contributed by atoms with Crippen LogP contribution in [0.5, 0.6) is 0 Å². The quantitative estimate of drug-likeness (QED) is 0.612. The zero-order valence-corrected chi connectivity index (χ0v) is 10.3. The molecule has 0 aliphatic rings. The Hall–Kier alpha value is -1.17. The number of unbranched alkanes of at least 4 members (excludes halogenated alkanes) is 1. The third kappa shape index (κ3) is 2.74. The van der Waals surface area contributed by atoms with Gasteiger partial charge in [-0.3, -0.25) is 0 Å². The van der Waals surface area contributed by atoms with Crippen LogP contribution in [0, 0.1) is 0 Å². The third-order valence-electron chi connectivity index (χ3n) is 2.76. The maximum absolute atomic E-state index is 11.0. The van der Waals surface area contributed by atoms with E-state index in [1.54, 1.807) is 6.20 Å². The van der Waals surface area contributed by atoms with Crippen molar-refractivity contribution in [2.24, 2.45) is 0 Å². The number of fused-ring (bicyclic) bond motifs is 1. The van der Waals surface area contributed by atoms with Gasteiger partial charge in [0.25, 0.3) is 0 Å². The molecule has 1 heterocycles. The summed E-state index contributed by atoms with van der Waals surface area (Å²) in [6, 6.07) is 7.53. The number of carboxylic acids is 1. The van der Waals surface area contributed by atoms with Gasteiger partial charge in [0.1, 0.15) is 0 Å². The van der Waals surface area contributed by atoms with Crippen LogP contribution >= 0.6 is 0 Å². The summed E-state index contributed by atoms with van der Waals surface area (Å²) in [5.74, 6) is -1.11. The van der Waals surface area contributed by atoms with E-state index in [-0.39, 0.29) is 24.4 Å². The number of benzene rings is 1. The molecule has 3 nitrogen and oxygen atoms in total. The van der Waals surface area contributed by atoms with E-state index in [4.69, 9.17) is 0 Å². The van der Waals surface area contributed by atoms with E-state index in [1.807, 2.05) is 28.8 Å². The van der Waals surface area contributed by atoms with Gasteiger partial charge in [0.2, 0.25) is 0 Å². The molecule has 1 aromatic heterocycles. The summed E-state index contributed by atoms with van der Waals surface area (Å²) in [4.78, 5) is 11.0.